The van der Waals surface area contributed by atoms with Crippen LogP contribution in [0.1, 0.15) is 46.5 Å². The van der Waals surface area contributed by atoms with Gasteiger partial charge in [0.1, 0.15) is 11.8 Å². The molecule has 0 bridgehead atoms. The highest BCUT2D eigenvalue weighted by Crippen LogP contribution is 2.48. The highest BCUT2D eigenvalue weighted by Gasteiger charge is 2.64. The number of hydrogen-bond acceptors (Lipinski definition) is 6. The molecule has 2 aromatic carbocycles. The monoisotopic (exact) mass is 594 g/mol. The summed E-state index contributed by atoms with van der Waals surface area (Å²) in [6.45, 7) is 4.62. The minimum Gasteiger partial charge on any atom is -0.508 e. The van der Waals surface area contributed by atoms with E-state index in [0.717, 1.165) is 0 Å². The number of aliphatic hydroxyl groups excluding tert-OH is 1. The largest absolute Gasteiger partial charge is 0.508 e. The number of nitrogens with zero attached hydrogens (tertiary/aromatic N) is 2. The van der Waals surface area contributed by atoms with Crippen LogP contribution in [0.25, 0.3) is 0 Å². The molecule has 0 radical (unpaired) electrons. The van der Waals surface area contributed by atoms with Crippen LogP contribution < -0.4 is 10.6 Å². The number of nitrogens with one attached hydrogen (secondary N) is 2. The number of phenols is 1. The molecule has 3 aromatic rings. The number of carbonyl (C=O) groups is 3. The van der Waals surface area contributed by atoms with Gasteiger partial charge in [0.2, 0.25) is 5.91 Å². The average Bonchev–Trinajstić information content (AvgIpc) is 3.16. The van der Waals surface area contributed by atoms with Crippen molar-refractivity contribution >= 4 is 17.7 Å². The highest BCUT2D eigenvalue weighted by molar-refractivity contribution is 5.97. The summed E-state index contributed by atoms with van der Waals surface area (Å²) in [5.41, 5.74) is 0.450. The van der Waals surface area contributed by atoms with Gasteiger partial charge in [-0.15, -0.1) is 0 Å². The molecule has 3 amide bonds. The lowest BCUT2D eigenvalue weighted by Crippen LogP contribution is -2.57. The number of phenolic OH excluding ortho intramolecular Hbond substituents is 1. The lowest BCUT2D eigenvalue weighted by atomic mass is 9.81. The first kappa shape index (κ1) is 31.6. The molecule has 3 atom stereocenters. The van der Waals surface area contributed by atoms with Crippen molar-refractivity contribution < 1.29 is 33.4 Å². The first-order valence-corrected chi connectivity index (χ1v) is 13.9. The van der Waals surface area contributed by atoms with Gasteiger partial charge in [0.05, 0.1) is 18.0 Å². The fraction of sp³-hybridized carbons (Fsp3) is 0.375. The number of benzene rings is 2. The van der Waals surface area contributed by atoms with Gasteiger partial charge in [0.15, 0.2) is 6.10 Å². The van der Waals surface area contributed by atoms with E-state index in [0.29, 0.717) is 27.2 Å². The van der Waals surface area contributed by atoms with Gasteiger partial charge in [-0.1, -0.05) is 44.2 Å². The van der Waals surface area contributed by atoms with Gasteiger partial charge >= 0.3 is 0 Å². The van der Waals surface area contributed by atoms with E-state index >= 15 is 8.78 Å². The summed E-state index contributed by atoms with van der Waals surface area (Å²) in [7, 11) is 0. The van der Waals surface area contributed by atoms with Crippen molar-refractivity contribution in [1.82, 2.24) is 20.5 Å². The number of carbonyl (C=O) groups excluding carboxylic acids is 3. The second kappa shape index (κ2) is 12.5. The SMILES string of the molecule is Cc1cc(O)c(C)c(C(=O)N[C@@H](Cc2ccccc2)[C@H](O)C(=O)N2CC(F)(F)C(C)(C)[C@@H]2C(=O)NCc2ccncc2)c1. The number of aromatic hydroxyl groups is 1. The molecule has 0 unspecified atom stereocenters. The van der Waals surface area contributed by atoms with Gasteiger partial charge < -0.3 is 25.7 Å². The number of halogens is 2. The maximum absolute atomic E-state index is 15.3. The summed E-state index contributed by atoms with van der Waals surface area (Å²) in [6.07, 6.45) is 1.08. The van der Waals surface area contributed by atoms with Crippen molar-refractivity contribution in [3.63, 3.8) is 0 Å². The van der Waals surface area contributed by atoms with E-state index in [4.69, 9.17) is 0 Å². The maximum Gasteiger partial charge on any atom is 0.272 e. The average molecular weight is 595 g/mol. The number of likely N-dealkylation sites (tertiary alicyclic amines) is 1. The number of pyridine rings is 1. The van der Waals surface area contributed by atoms with Crippen molar-refractivity contribution in [3.05, 3.63) is 94.8 Å². The molecule has 4 N–H and O–H groups in total. The Morgan fingerprint density at radius 2 is 1.70 bits per heavy atom. The van der Waals surface area contributed by atoms with Crippen LogP contribution in [0.4, 0.5) is 8.78 Å². The summed E-state index contributed by atoms with van der Waals surface area (Å²) in [5.74, 6) is -6.12. The lowest BCUT2D eigenvalue weighted by Gasteiger charge is -2.34. The Morgan fingerprint density at radius 3 is 2.35 bits per heavy atom. The van der Waals surface area contributed by atoms with Crippen LogP contribution in [0.3, 0.4) is 0 Å². The first-order chi connectivity index (χ1) is 20.2. The molecule has 2 heterocycles. The number of amides is 3. The molecule has 0 saturated carbocycles. The smallest absolute Gasteiger partial charge is 0.272 e. The van der Waals surface area contributed by atoms with Crippen molar-refractivity contribution in [1.29, 1.82) is 0 Å². The zero-order chi connectivity index (χ0) is 31.5. The van der Waals surface area contributed by atoms with Gasteiger partial charge in [0, 0.05) is 30.1 Å². The van der Waals surface area contributed by atoms with Crippen molar-refractivity contribution in [2.75, 3.05) is 6.54 Å². The van der Waals surface area contributed by atoms with E-state index in [1.165, 1.54) is 32.3 Å². The molecule has 1 fully saturated rings. The normalized spacial score (nSPS) is 18.5. The Balaban J connectivity index is 1.63. The molecular formula is C32H36F2N4O5. The van der Waals surface area contributed by atoms with Gasteiger partial charge in [-0.3, -0.25) is 19.4 Å². The minimum atomic E-state index is -3.45. The van der Waals surface area contributed by atoms with Crippen LogP contribution in [0.5, 0.6) is 5.75 Å². The summed E-state index contributed by atoms with van der Waals surface area (Å²) in [4.78, 5) is 45.1. The number of alkyl halides is 2. The molecule has 9 nitrogen and oxygen atoms in total. The molecule has 0 spiro atoms. The predicted molar refractivity (Wildman–Crippen MR) is 155 cm³/mol. The molecule has 1 aliphatic heterocycles. The molecule has 1 aliphatic rings. The first-order valence-electron chi connectivity index (χ1n) is 13.9. The summed E-state index contributed by atoms with van der Waals surface area (Å²) < 4.78 is 30.6. The molecule has 1 aromatic heterocycles. The number of aromatic nitrogens is 1. The Labute approximate surface area is 248 Å². The van der Waals surface area contributed by atoms with E-state index in [9.17, 15) is 24.6 Å². The lowest BCUT2D eigenvalue weighted by molar-refractivity contribution is -0.148. The van der Waals surface area contributed by atoms with Crippen LogP contribution >= 0.6 is 0 Å². The van der Waals surface area contributed by atoms with E-state index in [1.54, 1.807) is 62.4 Å². The predicted octanol–water partition coefficient (Wildman–Crippen LogP) is 3.29. The molecule has 1 saturated heterocycles. The number of rotatable bonds is 9. The fourth-order valence-electron chi connectivity index (χ4n) is 5.33. The zero-order valence-electron chi connectivity index (χ0n) is 24.5. The number of hydrogen-bond donors (Lipinski definition) is 4. The van der Waals surface area contributed by atoms with Gasteiger partial charge in [-0.05, 0) is 61.2 Å². The van der Waals surface area contributed by atoms with E-state index in [-0.39, 0.29) is 24.3 Å². The standard InChI is InChI=1S/C32H36F2N4O5/c1-19-14-23(20(2)25(39)15-19)28(41)37-24(16-21-8-6-5-7-9-21)26(40)30(43)38-18-32(33,34)31(3,4)27(38)29(42)36-17-22-10-12-35-13-11-22/h5-15,24,26-27,39-40H,16-18H2,1-4H3,(H,36,42)(H,37,41)/t24-,26-,27-/m0/s1. The van der Waals surface area contributed by atoms with E-state index < -0.39 is 53.8 Å². The Hall–Kier alpha value is -4.38. The molecule has 4 rings (SSSR count). The molecule has 43 heavy (non-hydrogen) atoms. The van der Waals surface area contributed by atoms with E-state index in [2.05, 4.69) is 15.6 Å². The minimum absolute atomic E-state index is 0.0110. The summed E-state index contributed by atoms with van der Waals surface area (Å²) in [6, 6.07) is 12.3. The Morgan fingerprint density at radius 1 is 1.05 bits per heavy atom. The zero-order valence-corrected chi connectivity index (χ0v) is 24.5. The summed E-state index contributed by atoms with van der Waals surface area (Å²) >= 11 is 0. The Bertz CT molecular complexity index is 1480. The van der Waals surface area contributed by atoms with Crippen molar-refractivity contribution in [3.8, 4) is 5.75 Å². The second-order valence-electron chi connectivity index (χ2n) is 11.5. The van der Waals surface area contributed by atoms with Gasteiger partial charge in [-0.25, -0.2) is 8.78 Å². The van der Waals surface area contributed by atoms with Crippen LogP contribution in [0.15, 0.2) is 67.0 Å². The fourth-order valence-corrected chi connectivity index (χ4v) is 5.33. The number of aryl methyl sites for hydroxylation is 1. The topological polar surface area (TPSA) is 132 Å². The van der Waals surface area contributed by atoms with Crippen LogP contribution in [-0.2, 0) is 22.6 Å². The third-order valence-corrected chi connectivity index (χ3v) is 8.07. The van der Waals surface area contributed by atoms with Crippen LogP contribution in [0.2, 0.25) is 0 Å². The third-order valence-electron chi connectivity index (χ3n) is 8.07. The van der Waals surface area contributed by atoms with Crippen molar-refractivity contribution in [2.24, 2.45) is 5.41 Å². The van der Waals surface area contributed by atoms with Gasteiger partial charge in [0.25, 0.3) is 17.7 Å². The Kier molecular flexibility index (Phi) is 9.15. The quantitative estimate of drug-likeness (QED) is 0.301. The third kappa shape index (κ3) is 6.67. The molecule has 0 aliphatic carbocycles. The number of aliphatic hydroxyl groups is 1. The van der Waals surface area contributed by atoms with Crippen LogP contribution in [0, 0.1) is 19.3 Å². The maximum atomic E-state index is 15.3. The molecular weight excluding hydrogens is 558 g/mol. The van der Waals surface area contributed by atoms with E-state index in [1.807, 2.05) is 0 Å². The van der Waals surface area contributed by atoms with Crippen molar-refractivity contribution in [2.45, 2.75) is 64.8 Å². The molecule has 228 valence electrons. The van der Waals surface area contributed by atoms with Gasteiger partial charge in [-0.2, -0.15) is 0 Å². The summed E-state index contributed by atoms with van der Waals surface area (Å²) in [5, 5.41) is 26.9. The van der Waals surface area contributed by atoms with Crippen LogP contribution in [-0.4, -0.2) is 68.5 Å². The molecule has 11 heteroatoms. The second-order valence-corrected chi connectivity index (χ2v) is 11.5. The highest BCUT2D eigenvalue weighted by atomic mass is 19.3.